The molecule has 2 aromatic rings. The summed E-state index contributed by atoms with van der Waals surface area (Å²) < 4.78 is 5.69. The van der Waals surface area contributed by atoms with Crippen molar-refractivity contribution in [3.8, 4) is 5.88 Å². The summed E-state index contributed by atoms with van der Waals surface area (Å²) in [5, 5.41) is 3.34. The van der Waals surface area contributed by atoms with Gasteiger partial charge in [0.25, 0.3) is 0 Å². The molecule has 2 rings (SSSR count). The maximum absolute atomic E-state index is 5.69. The second-order valence-electron chi connectivity index (χ2n) is 4.90. The monoisotopic (exact) mass is 285 g/mol. The van der Waals surface area contributed by atoms with Crippen molar-refractivity contribution in [1.82, 2.24) is 9.97 Å². The molecule has 0 aliphatic carbocycles. The summed E-state index contributed by atoms with van der Waals surface area (Å²) in [4.78, 5) is 8.90. The Bertz CT molecular complexity index is 543. The van der Waals surface area contributed by atoms with E-state index >= 15 is 0 Å². The quantitative estimate of drug-likeness (QED) is 0.749. The number of nitrogens with zero attached hydrogens (tertiary/aromatic N) is 2. The SMILES string of the molecule is CCCCOc1cc(NCc2ccccc2)nc(CC)n1. The largest absolute Gasteiger partial charge is 0.478 e. The predicted octanol–water partition coefficient (Wildman–Crippen LogP) is 3.83. The normalized spacial score (nSPS) is 10.4. The van der Waals surface area contributed by atoms with E-state index in [0.717, 1.165) is 37.4 Å². The van der Waals surface area contributed by atoms with Crippen molar-refractivity contribution in [2.75, 3.05) is 11.9 Å². The summed E-state index contributed by atoms with van der Waals surface area (Å²) in [6.45, 7) is 5.64. The number of ether oxygens (including phenoxy) is 1. The second kappa shape index (κ2) is 8.25. The standard InChI is InChI=1S/C17H23N3O/c1-3-5-11-21-17-12-16(19-15(4-2)20-17)18-13-14-9-7-6-8-10-14/h6-10,12H,3-5,11,13H2,1-2H3,(H,18,19,20). The number of nitrogens with one attached hydrogen (secondary N) is 1. The van der Waals surface area contributed by atoms with E-state index in [1.54, 1.807) is 0 Å². The number of rotatable bonds is 8. The molecule has 0 bridgehead atoms. The Kier molecular flexibility index (Phi) is 6.00. The zero-order valence-electron chi connectivity index (χ0n) is 12.8. The molecule has 1 heterocycles. The fourth-order valence-electron chi connectivity index (χ4n) is 1.90. The van der Waals surface area contributed by atoms with Gasteiger partial charge in [-0.15, -0.1) is 0 Å². The molecule has 0 fully saturated rings. The Labute approximate surface area is 126 Å². The van der Waals surface area contributed by atoms with Crippen LogP contribution in [0.2, 0.25) is 0 Å². The molecule has 0 aliphatic rings. The number of aromatic nitrogens is 2. The lowest BCUT2D eigenvalue weighted by Crippen LogP contribution is -2.07. The Balaban J connectivity index is 2.02. The van der Waals surface area contributed by atoms with Crippen LogP contribution < -0.4 is 10.1 Å². The molecule has 0 atom stereocenters. The predicted molar refractivity (Wildman–Crippen MR) is 85.6 cm³/mol. The van der Waals surface area contributed by atoms with Crippen molar-refractivity contribution >= 4 is 5.82 Å². The molecule has 0 amide bonds. The van der Waals surface area contributed by atoms with Crippen molar-refractivity contribution in [3.05, 3.63) is 47.8 Å². The maximum Gasteiger partial charge on any atom is 0.218 e. The van der Waals surface area contributed by atoms with Crippen molar-refractivity contribution in [2.24, 2.45) is 0 Å². The molecule has 0 saturated carbocycles. The minimum Gasteiger partial charge on any atom is -0.478 e. The molecule has 0 spiro atoms. The van der Waals surface area contributed by atoms with E-state index in [-0.39, 0.29) is 0 Å². The molecular weight excluding hydrogens is 262 g/mol. The third-order valence-electron chi connectivity index (χ3n) is 3.13. The molecule has 112 valence electrons. The van der Waals surface area contributed by atoms with Crippen molar-refractivity contribution in [3.63, 3.8) is 0 Å². The van der Waals surface area contributed by atoms with Gasteiger partial charge in [0.15, 0.2) is 0 Å². The van der Waals surface area contributed by atoms with Gasteiger partial charge >= 0.3 is 0 Å². The van der Waals surface area contributed by atoms with E-state index in [4.69, 9.17) is 4.74 Å². The van der Waals surface area contributed by atoms with Crippen molar-refractivity contribution < 1.29 is 4.74 Å². The van der Waals surface area contributed by atoms with Gasteiger partial charge < -0.3 is 10.1 Å². The summed E-state index contributed by atoms with van der Waals surface area (Å²) in [5.74, 6) is 2.28. The van der Waals surface area contributed by atoms with E-state index in [0.29, 0.717) is 12.5 Å². The van der Waals surface area contributed by atoms with Crippen LogP contribution in [-0.2, 0) is 13.0 Å². The molecule has 4 nitrogen and oxygen atoms in total. The molecule has 1 N–H and O–H groups in total. The summed E-state index contributed by atoms with van der Waals surface area (Å²) in [6.07, 6.45) is 2.95. The topological polar surface area (TPSA) is 47.0 Å². The van der Waals surface area contributed by atoms with Gasteiger partial charge in [-0.05, 0) is 12.0 Å². The van der Waals surface area contributed by atoms with Crippen molar-refractivity contribution in [2.45, 2.75) is 39.7 Å². The van der Waals surface area contributed by atoms with Gasteiger partial charge in [0.2, 0.25) is 5.88 Å². The van der Waals surface area contributed by atoms with Crippen LogP contribution in [0.3, 0.4) is 0 Å². The molecule has 0 radical (unpaired) electrons. The highest BCUT2D eigenvalue weighted by Crippen LogP contribution is 2.15. The molecule has 0 aliphatic heterocycles. The lowest BCUT2D eigenvalue weighted by Gasteiger charge is -2.10. The average Bonchev–Trinajstić information content (AvgIpc) is 2.54. The lowest BCUT2D eigenvalue weighted by molar-refractivity contribution is 0.296. The van der Waals surface area contributed by atoms with Gasteiger partial charge in [0.1, 0.15) is 11.6 Å². The molecule has 1 aromatic carbocycles. The number of aryl methyl sites for hydroxylation is 1. The van der Waals surface area contributed by atoms with Gasteiger partial charge in [0.05, 0.1) is 6.61 Å². The van der Waals surface area contributed by atoms with Crippen LogP contribution in [0.5, 0.6) is 5.88 Å². The van der Waals surface area contributed by atoms with Gasteiger partial charge in [-0.25, -0.2) is 4.98 Å². The zero-order chi connectivity index (χ0) is 14.9. The number of benzene rings is 1. The van der Waals surface area contributed by atoms with Crippen LogP contribution in [0, 0.1) is 0 Å². The first-order valence-corrected chi connectivity index (χ1v) is 7.60. The number of unbranched alkanes of at least 4 members (excludes halogenated alkanes) is 1. The van der Waals surface area contributed by atoms with E-state index in [1.165, 1.54) is 5.56 Å². The summed E-state index contributed by atoms with van der Waals surface area (Å²) >= 11 is 0. The van der Waals surface area contributed by atoms with E-state index in [1.807, 2.05) is 31.2 Å². The van der Waals surface area contributed by atoms with Crippen LogP contribution in [-0.4, -0.2) is 16.6 Å². The van der Waals surface area contributed by atoms with Gasteiger partial charge in [-0.2, -0.15) is 4.98 Å². The highest BCUT2D eigenvalue weighted by Gasteiger charge is 2.04. The molecular formula is C17H23N3O. The van der Waals surface area contributed by atoms with Gasteiger partial charge in [0, 0.05) is 19.0 Å². The smallest absolute Gasteiger partial charge is 0.218 e. The average molecular weight is 285 g/mol. The highest BCUT2D eigenvalue weighted by atomic mass is 16.5. The number of hydrogen-bond acceptors (Lipinski definition) is 4. The number of anilines is 1. The van der Waals surface area contributed by atoms with E-state index < -0.39 is 0 Å². The van der Waals surface area contributed by atoms with Crippen LogP contribution in [0.25, 0.3) is 0 Å². The first kappa shape index (κ1) is 15.3. The fourth-order valence-corrected chi connectivity index (χ4v) is 1.90. The lowest BCUT2D eigenvalue weighted by atomic mass is 10.2. The third kappa shape index (κ3) is 5.06. The Morgan fingerprint density at radius 2 is 1.90 bits per heavy atom. The highest BCUT2D eigenvalue weighted by molar-refractivity contribution is 5.39. The minimum absolute atomic E-state index is 0.658. The summed E-state index contributed by atoms with van der Waals surface area (Å²) in [7, 11) is 0. The van der Waals surface area contributed by atoms with Gasteiger partial charge in [-0.3, -0.25) is 0 Å². The van der Waals surface area contributed by atoms with Crippen LogP contribution in [0.4, 0.5) is 5.82 Å². The maximum atomic E-state index is 5.69. The third-order valence-corrected chi connectivity index (χ3v) is 3.13. The summed E-state index contributed by atoms with van der Waals surface area (Å²) in [5.41, 5.74) is 1.22. The molecule has 0 unspecified atom stereocenters. The van der Waals surface area contributed by atoms with Crippen LogP contribution >= 0.6 is 0 Å². The van der Waals surface area contributed by atoms with E-state index in [9.17, 15) is 0 Å². The Morgan fingerprint density at radius 3 is 2.62 bits per heavy atom. The Hall–Kier alpha value is -2.10. The van der Waals surface area contributed by atoms with Crippen LogP contribution in [0.1, 0.15) is 38.1 Å². The minimum atomic E-state index is 0.658. The molecule has 4 heteroatoms. The van der Waals surface area contributed by atoms with Gasteiger partial charge in [-0.1, -0.05) is 50.6 Å². The number of hydrogen-bond donors (Lipinski definition) is 1. The fraction of sp³-hybridized carbons (Fsp3) is 0.412. The first-order valence-electron chi connectivity index (χ1n) is 7.60. The second-order valence-corrected chi connectivity index (χ2v) is 4.90. The summed E-state index contributed by atoms with van der Waals surface area (Å²) in [6, 6.07) is 12.1. The molecule has 0 saturated heterocycles. The first-order chi connectivity index (χ1) is 10.3. The van der Waals surface area contributed by atoms with Crippen molar-refractivity contribution in [1.29, 1.82) is 0 Å². The Morgan fingerprint density at radius 1 is 1.10 bits per heavy atom. The van der Waals surface area contributed by atoms with Crippen LogP contribution in [0.15, 0.2) is 36.4 Å². The van der Waals surface area contributed by atoms with E-state index in [2.05, 4.69) is 34.3 Å². The zero-order valence-corrected chi connectivity index (χ0v) is 12.8. The molecule has 1 aromatic heterocycles. The molecule has 21 heavy (non-hydrogen) atoms.